The molecule has 1 unspecified atom stereocenters. The van der Waals surface area contributed by atoms with Crippen molar-refractivity contribution in [2.75, 3.05) is 12.4 Å². The van der Waals surface area contributed by atoms with Crippen LogP contribution in [0.15, 0.2) is 0 Å². The Morgan fingerprint density at radius 1 is 1.44 bits per heavy atom. The monoisotopic (exact) mass is 268 g/mol. The molecule has 2 N–H and O–H groups in total. The van der Waals surface area contributed by atoms with Crippen LogP contribution in [0.25, 0.3) is 0 Å². The average Bonchev–Trinajstić information content (AvgIpc) is 2.97. The number of hydrogen-bond acceptors (Lipinski definition) is 5. The summed E-state index contributed by atoms with van der Waals surface area (Å²) in [5, 5.41) is 15.2. The molecule has 18 heavy (non-hydrogen) atoms. The van der Waals surface area contributed by atoms with Crippen molar-refractivity contribution in [1.82, 2.24) is 15.5 Å². The second-order valence-electron chi connectivity index (χ2n) is 4.84. The number of carbonyl (C=O) groups excluding carboxylic acids is 1. The summed E-state index contributed by atoms with van der Waals surface area (Å²) in [6, 6.07) is -0.127. The molecule has 0 spiro atoms. The summed E-state index contributed by atoms with van der Waals surface area (Å²) in [4.78, 5) is 12.1. The van der Waals surface area contributed by atoms with Crippen LogP contribution >= 0.6 is 11.3 Å². The maximum absolute atomic E-state index is 12.1. The fourth-order valence-electron chi connectivity index (χ4n) is 2.47. The third-order valence-corrected chi connectivity index (χ3v) is 4.22. The lowest BCUT2D eigenvalue weighted by molar-refractivity contribution is -0.118. The van der Waals surface area contributed by atoms with Gasteiger partial charge in [0.05, 0.1) is 6.04 Å². The van der Waals surface area contributed by atoms with Crippen molar-refractivity contribution in [3.63, 3.8) is 0 Å². The summed E-state index contributed by atoms with van der Waals surface area (Å²) in [6.45, 7) is 1.88. The Hall–Kier alpha value is -1.01. The smallest absolute Gasteiger partial charge is 0.243 e. The van der Waals surface area contributed by atoms with Gasteiger partial charge >= 0.3 is 0 Å². The van der Waals surface area contributed by atoms with Crippen LogP contribution in [-0.4, -0.2) is 29.2 Å². The molecule has 1 fully saturated rings. The van der Waals surface area contributed by atoms with E-state index in [0.717, 1.165) is 11.4 Å². The van der Waals surface area contributed by atoms with Gasteiger partial charge in [-0.2, -0.15) is 0 Å². The van der Waals surface area contributed by atoms with Crippen molar-refractivity contribution in [3.05, 3.63) is 5.01 Å². The van der Waals surface area contributed by atoms with Gasteiger partial charge in [0.1, 0.15) is 5.01 Å². The normalized spacial score (nSPS) is 17.9. The molecule has 1 aromatic rings. The van der Waals surface area contributed by atoms with Gasteiger partial charge in [0.15, 0.2) is 0 Å². The number of aryl methyl sites for hydroxylation is 1. The number of aromatic nitrogens is 2. The predicted octanol–water partition coefficient (Wildman–Crippen LogP) is 1.95. The zero-order valence-corrected chi connectivity index (χ0v) is 11.7. The maximum atomic E-state index is 12.1. The molecule has 1 aliphatic rings. The summed E-state index contributed by atoms with van der Waals surface area (Å²) >= 11 is 1.40. The SMILES string of the molecule is CNC(CC1CCCC1)C(=O)Nc1nnc(C)s1. The van der Waals surface area contributed by atoms with Gasteiger partial charge in [0.25, 0.3) is 0 Å². The van der Waals surface area contributed by atoms with E-state index in [1.54, 1.807) is 0 Å². The first-order valence-electron chi connectivity index (χ1n) is 6.47. The van der Waals surface area contributed by atoms with E-state index in [1.807, 2.05) is 14.0 Å². The molecule has 6 heteroatoms. The van der Waals surface area contributed by atoms with Crippen LogP contribution in [-0.2, 0) is 4.79 Å². The Balaban J connectivity index is 1.88. The molecular formula is C12H20N4OS. The van der Waals surface area contributed by atoms with E-state index >= 15 is 0 Å². The minimum Gasteiger partial charge on any atom is -0.309 e. The molecule has 0 aliphatic heterocycles. The third-order valence-electron chi connectivity index (χ3n) is 3.46. The van der Waals surface area contributed by atoms with Gasteiger partial charge in [-0.3, -0.25) is 10.1 Å². The highest BCUT2D eigenvalue weighted by Crippen LogP contribution is 2.28. The number of likely N-dealkylation sites (N-methyl/N-ethyl adjacent to an activating group) is 1. The van der Waals surface area contributed by atoms with Gasteiger partial charge in [0, 0.05) is 0 Å². The lowest BCUT2D eigenvalue weighted by Gasteiger charge is -2.18. The van der Waals surface area contributed by atoms with Crippen molar-refractivity contribution < 1.29 is 4.79 Å². The second-order valence-corrected chi connectivity index (χ2v) is 6.02. The van der Waals surface area contributed by atoms with E-state index in [2.05, 4.69) is 20.8 Å². The molecule has 0 aromatic carbocycles. The predicted molar refractivity (Wildman–Crippen MR) is 72.7 cm³/mol. The molecule has 5 nitrogen and oxygen atoms in total. The second kappa shape index (κ2) is 6.24. The van der Waals surface area contributed by atoms with Crippen molar-refractivity contribution >= 4 is 22.4 Å². The van der Waals surface area contributed by atoms with E-state index in [4.69, 9.17) is 0 Å². The summed E-state index contributed by atoms with van der Waals surface area (Å²) in [5.41, 5.74) is 0. The largest absolute Gasteiger partial charge is 0.309 e. The molecule has 2 rings (SSSR count). The summed E-state index contributed by atoms with van der Waals surface area (Å²) < 4.78 is 0. The number of anilines is 1. The number of nitrogens with zero attached hydrogens (tertiary/aromatic N) is 2. The highest BCUT2D eigenvalue weighted by molar-refractivity contribution is 7.15. The zero-order chi connectivity index (χ0) is 13.0. The summed E-state index contributed by atoms with van der Waals surface area (Å²) in [7, 11) is 1.84. The number of nitrogens with one attached hydrogen (secondary N) is 2. The first-order valence-corrected chi connectivity index (χ1v) is 7.29. The van der Waals surface area contributed by atoms with Crippen LogP contribution in [0.1, 0.15) is 37.1 Å². The zero-order valence-electron chi connectivity index (χ0n) is 10.9. The molecule has 100 valence electrons. The fourth-order valence-corrected chi connectivity index (χ4v) is 3.07. The lowest BCUT2D eigenvalue weighted by Crippen LogP contribution is -2.39. The van der Waals surface area contributed by atoms with Crippen LogP contribution in [0.2, 0.25) is 0 Å². The Labute approximate surface area is 111 Å². The van der Waals surface area contributed by atoms with Gasteiger partial charge in [-0.25, -0.2) is 0 Å². The van der Waals surface area contributed by atoms with Crippen LogP contribution in [0.4, 0.5) is 5.13 Å². The third kappa shape index (κ3) is 3.49. The van der Waals surface area contributed by atoms with Crippen LogP contribution in [0.3, 0.4) is 0 Å². The van der Waals surface area contributed by atoms with E-state index in [1.165, 1.54) is 37.0 Å². The first kappa shape index (κ1) is 13.4. The van der Waals surface area contributed by atoms with Gasteiger partial charge < -0.3 is 5.32 Å². The molecule has 1 atom stereocenters. The van der Waals surface area contributed by atoms with Crippen molar-refractivity contribution in [2.45, 2.75) is 45.1 Å². The van der Waals surface area contributed by atoms with E-state index in [0.29, 0.717) is 11.0 Å². The number of rotatable bonds is 5. The molecule has 0 bridgehead atoms. The van der Waals surface area contributed by atoms with Gasteiger partial charge in [-0.05, 0) is 26.3 Å². The van der Waals surface area contributed by atoms with E-state index < -0.39 is 0 Å². The quantitative estimate of drug-likeness (QED) is 0.856. The van der Waals surface area contributed by atoms with Gasteiger partial charge in [-0.1, -0.05) is 37.0 Å². The molecular weight excluding hydrogens is 248 g/mol. The van der Waals surface area contributed by atoms with Crippen molar-refractivity contribution in [3.8, 4) is 0 Å². The molecule has 1 heterocycles. The highest BCUT2D eigenvalue weighted by Gasteiger charge is 2.24. The standard InChI is InChI=1S/C12H20N4OS/c1-8-15-16-12(18-8)14-11(17)10(13-2)7-9-5-3-4-6-9/h9-10,13H,3-7H2,1-2H3,(H,14,16,17). The fraction of sp³-hybridized carbons (Fsp3) is 0.750. The summed E-state index contributed by atoms with van der Waals surface area (Å²) in [6.07, 6.45) is 6.03. The number of amides is 1. The minimum atomic E-state index is -0.127. The summed E-state index contributed by atoms with van der Waals surface area (Å²) in [5.74, 6) is 0.685. The molecule has 0 saturated heterocycles. The van der Waals surface area contributed by atoms with Crippen LogP contribution < -0.4 is 10.6 Å². The van der Waals surface area contributed by atoms with Crippen LogP contribution in [0.5, 0.6) is 0 Å². The Morgan fingerprint density at radius 2 is 2.17 bits per heavy atom. The van der Waals surface area contributed by atoms with Crippen molar-refractivity contribution in [2.24, 2.45) is 5.92 Å². The minimum absolute atomic E-state index is 0.000509. The molecule has 1 amide bonds. The number of carbonyl (C=O) groups is 1. The van der Waals surface area contributed by atoms with Crippen LogP contribution in [0, 0.1) is 12.8 Å². The van der Waals surface area contributed by atoms with E-state index in [9.17, 15) is 4.79 Å². The number of hydrogen-bond donors (Lipinski definition) is 2. The van der Waals surface area contributed by atoms with Crippen molar-refractivity contribution in [1.29, 1.82) is 0 Å². The molecule has 1 aliphatic carbocycles. The maximum Gasteiger partial charge on any atom is 0.243 e. The Bertz CT molecular complexity index is 401. The molecule has 0 radical (unpaired) electrons. The Kier molecular flexibility index (Phi) is 4.66. The average molecular weight is 268 g/mol. The first-order chi connectivity index (χ1) is 8.69. The topological polar surface area (TPSA) is 66.9 Å². The highest BCUT2D eigenvalue weighted by atomic mass is 32.1. The lowest BCUT2D eigenvalue weighted by atomic mass is 9.98. The Morgan fingerprint density at radius 3 is 2.72 bits per heavy atom. The molecule has 1 saturated carbocycles. The van der Waals surface area contributed by atoms with Gasteiger partial charge in [0.2, 0.25) is 11.0 Å². The van der Waals surface area contributed by atoms with E-state index in [-0.39, 0.29) is 11.9 Å². The molecule has 1 aromatic heterocycles. The van der Waals surface area contributed by atoms with Gasteiger partial charge in [-0.15, -0.1) is 10.2 Å².